The summed E-state index contributed by atoms with van der Waals surface area (Å²) >= 11 is 3.53. The van der Waals surface area contributed by atoms with Gasteiger partial charge in [0.15, 0.2) is 17.5 Å². The number of thiophene rings is 2. The van der Waals surface area contributed by atoms with Crippen molar-refractivity contribution in [3.63, 3.8) is 0 Å². The Balaban J connectivity index is 1.34. The van der Waals surface area contributed by atoms with E-state index in [2.05, 4.69) is 129 Å². The lowest BCUT2D eigenvalue weighted by atomic mass is 9.82. The van der Waals surface area contributed by atoms with Crippen molar-refractivity contribution in [1.29, 1.82) is 0 Å². The van der Waals surface area contributed by atoms with E-state index >= 15 is 0 Å². The Morgan fingerprint density at radius 3 is 2.02 bits per heavy atom. The van der Waals surface area contributed by atoms with Crippen LogP contribution in [0.15, 0.2) is 115 Å². The number of nitrogens with zero attached hydrogens (tertiary/aromatic N) is 3. The summed E-state index contributed by atoms with van der Waals surface area (Å²) in [6.07, 6.45) is 0. The van der Waals surface area contributed by atoms with Gasteiger partial charge in [-0.1, -0.05) is 105 Å². The molecule has 5 heteroatoms. The summed E-state index contributed by atoms with van der Waals surface area (Å²) in [6, 6.07) is 41.1. The average molecular weight is 588 g/mol. The second kappa shape index (κ2) is 9.14. The monoisotopic (exact) mass is 587 g/mol. The van der Waals surface area contributed by atoms with Crippen LogP contribution >= 0.6 is 22.7 Å². The zero-order valence-corrected chi connectivity index (χ0v) is 25.3. The molecule has 0 atom stereocenters. The average Bonchev–Trinajstić information content (AvgIpc) is 3.72. The highest BCUT2D eigenvalue weighted by Crippen LogP contribution is 2.52. The fraction of sp³-hybridized carbons (Fsp3) is 0.0789. The van der Waals surface area contributed by atoms with Crippen LogP contribution in [0.2, 0.25) is 0 Å². The van der Waals surface area contributed by atoms with E-state index in [-0.39, 0.29) is 5.41 Å². The number of hydrogen-bond acceptors (Lipinski definition) is 5. The Hall–Kier alpha value is -4.71. The molecule has 9 rings (SSSR count). The van der Waals surface area contributed by atoms with Crippen LogP contribution in [0.3, 0.4) is 0 Å². The second-order valence-corrected chi connectivity index (χ2v) is 13.8. The SMILES string of the molecule is CC1(C)c2ccccc2-c2c(-c3nc(-c4cc5ccccc5s4)nc(-c4cccc5c4sc4ccccc45)n3)cccc21. The summed E-state index contributed by atoms with van der Waals surface area (Å²) in [5, 5.41) is 3.71. The third-order valence-corrected chi connectivity index (χ3v) is 11.1. The third-order valence-electron chi connectivity index (χ3n) is 8.77. The van der Waals surface area contributed by atoms with E-state index in [0.29, 0.717) is 17.5 Å². The fourth-order valence-corrected chi connectivity index (χ4v) is 8.89. The van der Waals surface area contributed by atoms with Gasteiger partial charge in [0.05, 0.1) is 4.88 Å². The topological polar surface area (TPSA) is 38.7 Å². The van der Waals surface area contributed by atoms with E-state index in [4.69, 9.17) is 15.0 Å². The second-order valence-electron chi connectivity index (χ2n) is 11.6. The molecule has 5 aromatic carbocycles. The van der Waals surface area contributed by atoms with E-state index < -0.39 is 0 Å². The first-order valence-electron chi connectivity index (χ1n) is 14.5. The van der Waals surface area contributed by atoms with Crippen LogP contribution in [0.25, 0.3) is 74.9 Å². The molecule has 3 heterocycles. The molecular weight excluding hydrogens is 563 g/mol. The summed E-state index contributed by atoms with van der Waals surface area (Å²) in [7, 11) is 0. The van der Waals surface area contributed by atoms with Crippen molar-refractivity contribution in [2.45, 2.75) is 19.3 Å². The molecule has 0 saturated heterocycles. The lowest BCUT2D eigenvalue weighted by Gasteiger charge is -2.21. The summed E-state index contributed by atoms with van der Waals surface area (Å²) in [5.41, 5.74) is 7.12. The summed E-state index contributed by atoms with van der Waals surface area (Å²) < 4.78 is 3.69. The Kier molecular flexibility index (Phi) is 5.28. The Morgan fingerprint density at radius 2 is 1.14 bits per heavy atom. The van der Waals surface area contributed by atoms with Crippen molar-refractivity contribution in [3.05, 3.63) is 126 Å². The maximum Gasteiger partial charge on any atom is 0.174 e. The van der Waals surface area contributed by atoms with Crippen LogP contribution < -0.4 is 0 Å². The van der Waals surface area contributed by atoms with Crippen molar-refractivity contribution in [1.82, 2.24) is 15.0 Å². The van der Waals surface area contributed by atoms with Gasteiger partial charge in [-0.25, -0.2) is 15.0 Å². The minimum atomic E-state index is -0.102. The summed E-state index contributed by atoms with van der Waals surface area (Å²) in [5.74, 6) is 2.13. The van der Waals surface area contributed by atoms with E-state index in [1.54, 1.807) is 22.7 Å². The van der Waals surface area contributed by atoms with Crippen LogP contribution in [-0.2, 0) is 5.41 Å². The van der Waals surface area contributed by atoms with E-state index in [0.717, 1.165) is 16.0 Å². The third kappa shape index (κ3) is 3.68. The molecule has 3 aromatic heterocycles. The zero-order chi connectivity index (χ0) is 28.7. The van der Waals surface area contributed by atoms with E-state index in [9.17, 15) is 0 Å². The molecule has 1 aliphatic rings. The standard InChI is InChI=1S/C38H25N3S2/c1-38(2)28-17-6-4-13-25(28)33-26(15-10-18-29(33)38)35-39-36(41-37(40-35)32-21-22-11-3-7-19-30(22)42-32)27-16-9-14-24-23-12-5-8-20-31(23)43-34(24)27/h3-21H,1-2H3. The van der Waals surface area contributed by atoms with Gasteiger partial charge < -0.3 is 0 Å². The van der Waals surface area contributed by atoms with E-state index in [1.807, 2.05) is 0 Å². The highest BCUT2D eigenvalue weighted by atomic mass is 32.1. The van der Waals surface area contributed by atoms with Gasteiger partial charge >= 0.3 is 0 Å². The van der Waals surface area contributed by atoms with Crippen molar-refractivity contribution >= 4 is 52.9 Å². The largest absolute Gasteiger partial charge is 0.208 e. The summed E-state index contributed by atoms with van der Waals surface area (Å²) in [4.78, 5) is 16.7. The normalized spacial score (nSPS) is 13.5. The van der Waals surface area contributed by atoms with Crippen LogP contribution in [0.4, 0.5) is 0 Å². The molecule has 0 bridgehead atoms. The van der Waals surface area contributed by atoms with E-state index in [1.165, 1.54) is 52.5 Å². The van der Waals surface area contributed by atoms with Crippen LogP contribution in [0.1, 0.15) is 25.0 Å². The molecule has 0 aliphatic heterocycles. The molecule has 8 aromatic rings. The predicted molar refractivity (Wildman–Crippen MR) is 182 cm³/mol. The Bertz CT molecular complexity index is 2360. The number of aromatic nitrogens is 3. The van der Waals surface area contributed by atoms with Crippen molar-refractivity contribution in [2.24, 2.45) is 0 Å². The quantitative estimate of drug-likeness (QED) is 0.206. The highest BCUT2D eigenvalue weighted by Gasteiger charge is 2.37. The van der Waals surface area contributed by atoms with Gasteiger partial charge in [0.1, 0.15) is 0 Å². The number of benzene rings is 5. The van der Waals surface area contributed by atoms with Gasteiger partial charge in [-0.2, -0.15) is 0 Å². The maximum absolute atomic E-state index is 5.26. The zero-order valence-electron chi connectivity index (χ0n) is 23.6. The van der Waals surface area contributed by atoms with Crippen LogP contribution in [0, 0.1) is 0 Å². The molecule has 1 aliphatic carbocycles. The van der Waals surface area contributed by atoms with Gasteiger partial charge in [0, 0.05) is 41.4 Å². The molecule has 3 nitrogen and oxygen atoms in total. The Morgan fingerprint density at radius 1 is 0.512 bits per heavy atom. The first-order valence-corrected chi connectivity index (χ1v) is 16.1. The first-order chi connectivity index (χ1) is 21.1. The van der Waals surface area contributed by atoms with Crippen molar-refractivity contribution in [3.8, 4) is 44.6 Å². The minimum absolute atomic E-state index is 0.102. The highest BCUT2D eigenvalue weighted by molar-refractivity contribution is 7.26. The number of rotatable bonds is 3. The van der Waals surface area contributed by atoms with Crippen LogP contribution in [0.5, 0.6) is 0 Å². The van der Waals surface area contributed by atoms with Crippen molar-refractivity contribution < 1.29 is 0 Å². The number of hydrogen-bond donors (Lipinski definition) is 0. The van der Waals surface area contributed by atoms with Gasteiger partial charge in [0.2, 0.25) is 0 Å². The molecule has 0 unspecified atom stereocenters. The molecule has 0 spiro atoms. The molecule has 43 heavy (non-hydrogen) atoms. The lowest BCUT2D eigenvalue weighted by Crippen LogP contribution is -2.14. The first kappa shape index (κ1) is 24.8. The molecule has 0 N–H and O–H groups in total. The maximum atomic E-state index is 5.26. The van der Waals surface area contributed by atoms with Crippen LogP contribution in [-0.4, -0.2) is 15.0 Å². The molecular formula is C38H25N3S2. The van der Waals surface area contributed by atoms with Gasteiger partial charge in [-0.05, 0) is 51.9 Å². The minimum Gasteiger partial charge on any atom is -0.208 e. The number of fused-ring (bicyclic) bond motifs is 7. The molecule has 0 amide bonds. The molecule has 0 fully saturated rings. The smallest absolute Gasteiger partial charge is 0.174 e. The molecule has 0 radical (unpaired) electrons. The molecule has 204 valence electrons. The molecule has 0 saturated carbocycles. The van der Waals surface area contributed by atoms with Gasteiger partial charge in [-0.3, -0.25) is 0 Å². The lowest BCUT2D eigenvalue weighted by molar-refractivity contribution is 0.660. The van der Waals surface area contributed by atoms with Gasteiger partial charge in [0.25, 0.3) is 0 Å². The Labute approximate surface area is 257 Å². The summed E-state index contributed by atoms with van der Waals surface area (Å²) in [6.45, 7) is 4.62. The fourth-order valence-electron chi connectivity index (χ4n) is 6.68. The van der Waals surface area contributed by atoms with Crippen molar-refractivity contribution in [2.75, 3.05) is 0 Å². The van der Waals surface area contributed by atoms with Gasteiger partial charge in [-0.15, -0.1) is 22.7 Å². The predicted octanol–water partition coefficient (Wildman–Crippen LogP) is 10.8.